The van der Waals surface area contributed by atoms with Crippen molar-refractivity contribution in [3.05, 3.63) is 17.6 Å². The number of nitrogens with one attached hydrogen (secondary N) is 1. The molecule has 0 aliphatic heterocycles. The number of likely N-dealkylation sites (N-methyl/N-ethyl adjacent to an activating group) is 1. The molecule has 0 bridgehead atoms. The second-order valence-corrected chi connectivity index (χ2v) is 3.66. The molecule has 4 nitrogen and oxygen atoms in total. The molecule has 1 aromatic heterocycles. The van der Waals surface area contributed by atoms with Crippen LogP contribution in [0.2, 0.25) is 0 Å². The van der Waals surface area contributed by atoms with Gasteiger partial charge in [0.1, 0.15) is 5.82 Å². The minimum absolute atomic E-state index is 0.856. The van der Waals surface area contributed by atoms with Crippen molar-refractivity contribution in [3.8, 4) is 0 Å². The van der Waals surface area contributed by atoms with Crippen LogP contribution in [-0.2, 0) is 0 Å². The zero-order valence-electron chi connectivity index (χ0n) is 9.33. The molecule has 0 aliphatic rings. The van der Waals surface area contributed by atoms with Gasteiger partial charge in [0.15, 0.2) is 0 Å². The molecule has 0 fully saturated rings. The highest BCUT2D eigenvalue weighted by atomic mass is 15.1. The first-order chi connectivity index (χ1) is 6.59. The molecule has 1 rings (SSSR count). The molecule has 4 heteroatoms. The summed E-state index contributed by atoms with van der Waals surface area (Å²) >= 11 is 0. The van der Waals surface area contributed by atoms with Gasteiger partial charge in [-0.15, -0.1) is 0 Å². The number of aryl methyl sites for hydroxylation is 2. The maximum atomic E-state index is 4.38. The highest BCUT2D eigenvalue weighted by Crippen LogP contribution is 2.04. The van der Waals surface area contributed by atoms with Crippen molar-refractivity contribution >= 4 is 5.82 Å². The van der Waals surface area contributed by atoms with Gasteiger partial charge in [0.25, 0.3) is 0 Å². The zero-order valence-corrected chi connectivity index (χ0v) is 9.33. The smallest absolute Gasteiger partial charge is 0.144 e. The highest BCUT2D eigenvalue weighted by molar-refractivity contribution is 5.33. The third-order valence-electron chi connectivity index (χ3n) is 2.06. The van der Waals surface area contributed by atoms with E-state index in [4.69, 9.17) is 0 Å². The van der Waals surface area contributed by atoms with Gasteiger partial charge in [-0.25, -0.2) is 4.98 Å². The molecule has 0 spiro atoms. The van der Waals surface area contributed by atoms with Gasteiger partial charge in [-0.1, -0.05) is 0 Å². The maximum Gasteiger partial charge on any atom is 0.144 e. The molecule has 0 saturated heterocycles. The SMILES string of the molecule is Cc1ncc(NCCN(C)C)nc1C. The van der Waals surface area contributed by atoms with Crippen LogP contribution in [0.4, 0.5) is 5.82 Å². The van der Waals surface area contributed by atoms with Gasteiger partial charge in [0, 0.05) is 13.1 Å². The first-order valence-corrected chi connectivity index (χ1v) is 4.78. The Morgan fingerprint density at radius 2 is 2.00 bits per heavy atom. The van der Waals surface area contributed by atoms with Crippen molar-refractivity contribution in [2.24, 2.45) is 0 Å². The van der Waals surface area contributed by atoms with Crippen molar-refractivity contribution < 1.29 is 0 Å². The molecule has 78 valence electrons. The minimum atomic E-state index is 0.856. The lowest BCUT2D eigenvalue weighted by Gasteiger charge is -2.11. The molecule has 1 N–H and O–H groups in total. The summed E-state index contributed by atoms with van der Waals surface area (Å²) in [4.78, 5) is 10.7. The quantitative estimate of drug-likeness (QED) is 0.778. The molecule has 0 aromatic carbocycles. The summed E-state index contributed by atoms with van der Waals surface area (Å²) in [5, 5.41) is 3.23. The van der Waals surface area contributed by atoms with Gasteiger partial charge in [0.2, 0.25) is 0 Å². The Morgan fingerprint density at radius 3 is 2.57 bits per heavy atom. The summed E-state index contributed by atoms with van der Waals surface area (Å²) in [6, 6.07) is 0. The molecule has 0 saturated carbocycles. The second-order valence-electron chi connectivity index (χ2n) is 3.66. The van der Waals surface area contributed by atoms with Crippen LogP contribution in [0.3, 0.4) is 0 Å². The largest absolute Gasteiger partial charge is 0.368 e. The average Bonchev–Trinajstić information content (AvgIpc) is 2.10. The van der Waals surface area contributed by atoms with E-state index >= 15 is 0 Å². The Labute approximate surface area is 85.4 Å². The summed E-state index contributed by atoms with van der Waals surface area (Å²) in [5.41, 5.74) is 1.98. The number of aromatic nitrogens is 2. The average molecular weight is 194 g/mol. The van der Waals surface area contributed by atoms with E-state index in [-0.39, 0.29) is 0 Å². The molecule has 0 radical (unpaired) electrons. The van der Waals surface area contributed by atoms with Crippen LogP contribution in [-0.4, -0.2) is 42.1 Å². The van der Waals surface area contributed by atoms with Crippen LogP contribution in [0.15, 0.2) is 6.20 Å². The fraction of sp³-hybridized carbons (Fsp3) is 0.600. The van der Waals surface area contributed by atoms with Crippen molar-refractivity contribution in [1.82, 2.24) is 14.9 Å². The third kappa shape index (κ3) is 3.30. The lowest BCUT2D eigenvalue weighted by Crippen LogP contribution is -2.21. The van der Waals surface area contributed by atoms with Crippen LogP contribution in [0.25, 0.3) is 0 Å². The van der Waals surface area contributed by atoms with Gasteiger partial charge in [-0.3, -0.25) is 4.98 Å². The van der Waals surface area contributed by atoms with Crippen LogP contribution < -0.4 is 5.32 Å². The molecule has 14 heavy (non-hydrogen) atoms. The number of anilines is 1. The molecule has 0 atom stereocenters. The van der Waals surface area contributed by atoms with E-state index in [1.54, 1.807) is 6.20 Å². The Bertz CT molecular complexity index is 296. The summed E-state index contributed by atoms with van der Waals surface area (Å²) in [7, 11) is 4.10. The lowest BCUT2D eigenvalue weighted by atomic mass is 10.3. The molecule has 0 amide bonds. The predicted molar refractivity (Wildman–Crippen MR) is 58.5 cm³/mol. The standard InChI is InChI=1S/C10H18N4/c1-8-9(2)13-10(7-12-8)11-5-6-14(3)4/h7H,5-6H2,1-4H3,(H,11,13). The Morgan fingerprint density at radius 1 is 1.29 bits per heavy atom. The Kier molecular flexibility index (Phi) is 3.83. The van der Waals surface area contributed by atoms with Gasteiger partial charge >= 0.3 is 0 Å². The van der Waals surface area contributed by atoms with Crippen molar-refractivity contribution in [2.75, 3.05) is 32.5 Å². The summed E-state index contributed by atoms with van der Waals surface area (Å²) < 4.78 is 0. The van der Waals surface area contributed by atoms with E-state index in [0.29, 0.717) is 0 Å². The van der Waals surface area contributed by atoms with Crippen molar-refractivity contribution in [1.29, 1.82) is 0 Å². The van der Waals surface area contributed by atoms with Gasteiger partial charge in [0.05, 0.1) is 17.6 Å². The first-order valence-electron chi connectivity index (χ1n) is 4.78. The van der Waals surface area contributed by atoms with Crippen LogP contribution >= 0.6 is 0 Å². The van der Waals surface area contributed by atoms with E-state index in [2.05, 4.69) is 20.2 Å². The normalized spacial score (nSPS) is 10.6. The topological polar surface area (TPSA) is 41.1 Å². The van der Waals surface area contributed by atoms with E-state index < -0.39 is 0 Å². The van der Waals surface area contributed by atoms with Crippen LogP contribution in [0.1, 0.15) is 11.4 Å². The fourth-order valence-corrected chi connectivity index (χ4v) is 1.03. The molecule has 0 unspecified atom stereocenters. The fourth-order valence-electron chi connectivity index (χ4n) is 1.03. The summed E-state index contributed by atoms with van der Waals surface area (Å²) in [6.45, 7) is 5.82. The molecule has 1 heterocycles. The van der Waals surface area contributed by atoms with Crippen molar-refractivity contribution in [2.45, 2.75) is 13.8 Å². The maximum absolute atomic E-state index is 4.38. The zero-order chi connectivity index (χ0) is 10.6. The van der Waals surface area contributed by atoms with Crippen molar-refractivity contribution in [3.63, 3.8) is 0 Å². The van der Waals surface area contributed by atoms with E-state index in [1.807, 2.05) is 27.9 Å². The van der Waals surface area contributed by atoms with Crippen LogP contribution in [0.5, 0.6) is 0 Å². The first kappa shape index (κ1) is 10.9. The second kappa shape index (κ2) is 4.91. The summed E-state index contributed by atoms with van der Waals surface area (Å²) in [6.07, 6.45) is 1.78. The highest BCUT2D eigenvalue weighted by Gasteiger charge is 1.98. The van der Waals surface area contributed by atoms with Gasteiger partial charge < -0.3 is 10.2 Å². The predicted octanol–water partition coefficient (Wildman–Crippen LogP) is 1.07. The van der Waals surface area contributed by atoms with E-state index in [9.17, 15) is 0 Å². The molecule has 0 aliphatic carbocycles. The van der Waals surface area contributed by atoms with Gasteiger partial charge in [-0.05, 0) is 27.9 Å². The minimum Gasteiger partial charge on any atom is -0.368 e. The molecular formula is C10H18N4. The molecule has 1 aromatic rings. The van der Waals surface area contributed by atoms with Gasteiger partial charge in [-0.2, -0.15) is 0 Å². The Balaban J connectivity index is 2.47. The third-order valence-corrected chi connectivity index (χ3v) is 2.06. The number of hydrogen-bond donors (Lipinski definition) is 1. The van der Waals surface area contributed by atoms with E-state index in [0.717, 1.165) is 30.3 Å². The lowest BCUT2D eigenvalue weighted by molar-refractivity contribution is 0.425. The summed E-state index contributed by atoms with van der Waals surface area (Å²) in [5.74, 6) is 0.856. The Hall–Kier alpha value is -1.16. The van der Waals surface area contributed by atoms with E-state index in [1.165, 1.54) is 0 Å². The number of hydrogen-bond acceptors (Lipinski definition) is 4. The van der Waals surface area contributed by atoms with Crippen LogP contribution in [0, 0.1) is 13.8 Å². The number of rotatable bonds is 4. The number of nitrogens with zero attached hydrogens (tertiary/aromatic N) is 3. The molecular weight excluding hydrogens is 176 g/mol. The monoisotopic (exact) mass is 194 g/mol.